The molecule has 19 heavy (non-hydrogen) atoms. The van der Waals surface area contributed by atoms with Gasteiger partial charge in [0, 0.05) is 18.1 Å². The fourth-order valence-corrected chi connectivity index (χ4v) is 2.09. The Hall–Kier alpha value is -1.43. The molecule has 2 N–H and O–H groups in total. The summed E-state index contributed by atoms with van der Waals surface area (Å²) < 4.78 is 41.3. The number of hydrogen-bond acceptors (Lipinski definition) is 3. The predicted octanol–water partition coefficient (Wildman–Crippen LogP) is 3.15. The molecular formula is C13H16F3NO2. The molecule has 1 aliphatic rings. The first kappa shape index (κ1) is 14.0. The molecular weight excluding hydrogens is 259 g/mol. The van der Waals surface area contributed by atoms with Crippen LogP contribution in [0.3, 0.4) is 0 Å². The second kappa shape index (κ2) is 5.69. The molecule has 2 rings (SSSR count). The number of phenolic OH excluding ortho intramolecular Hbond substituents is 1. The molecule has 1 aliphatic heterocycles. The van der Waals surface area contributed by atoms with Crippen molar-refractivity contribution >= 4 is 0 Å². The van der Waals surface area contributed by atoms with E-state index in [0.717, 1.165) is 5.56 Å². The number of unbranched alkanes of at least 4 members (excludes halogenated alkanes) is 1. The maximum absolute atomic E-state index is 12.0. The monoisotopic (exact) mass is 275 g/mol. The summed E-state index contributed by atoms with van der Waals surface area (Å²) in [7, 11) is 0. The van der Waals surface area contributed by atoms with Crippen LogP contribution in [0.4, 0.5) is 13.2 Å². The third-order valence-corrected chi connectivity index (χ3v) is 3.06. The number of hydrogen-bond donors (Lipinski definition) is 2. The molecule has 0 saturated carbocycles. The Labute approximate surface area is 109 Å². The average Bonchev–Trinajstić information content (AvgIpc) is 2.69. The molecule has 0 aromatic heterocycles. The summed E-state index contributed by atoms with van der Waals surface area (Å²) in [6, 6.07) is 4.87. The maximum Gasteiger partial charge on any atom is 0.389 e. The zero-order valence-corrected chi connectivity index (χ0v) is 10.3. The Morgan fingerprint density at radius 3 is 2.84 bits per heavy atom. The first-order valence-electron chi connectivity index (χ1n) is 6.21. The molecule has 0 amide bonds. The standard InChI is InChI=1S/C13H16F3NO2/c14-13(15,16)5-1-2-6-17-11-8-19-12-7-9(18)3-4-10(11)12/h3-4,7,11,17-18H,1-2,5-6,8H2. The Balaban J connectivity index is 1.74. The minimum absolute atomic E-state index is 0.0125. The summed E-state index contributed by atoms with van der Waals surface area (Å²) in [6.45, 7) is 0.961. The maximum atomic E-state index is 12.0. The van der Waals surface area contributed by atoms with Crippen LogP contribution in [0.5, 0.6) is 11.5 Å². The number of ether oxygens (including phenoxy) is 1. The lowest BCUT2D eigenvalue weighted by molar-refractivity contribution is -0.135. The number of halogens is 3. The molecule has 1 atom stereocenters. The molecule has 0 fully saturated rings. The Morgan fingerprint density at radius 1 is 1.32 bits per heavy atom. The highest BCUT2D eigenvalue weighted by Gasteiger charge is 2.26. The highest BCUT2D eigenvalue weighted by Crippen LogP contribution is 2.34. The molecule has 1 aromatic carbocycles. The SMILES string of the molecule is Oc1ccc2c(c1)OCC2NCCCCC(F)(F)F. The van der Waals surface area contributed by atoms with E-state index in [1.54, 1.807) is 18.2 Å². The van der Waals surface area contributed by atoms with Gasteiger partial charge >= 0.3 is 6.18 Å². The summed E-state index contributed by atoms with van der Waals surface area (Å²) in [5.41, 5.74) is 0.939. The summed E-state index contributed by atoms with van der Waals surface area (Å²) in [6.07, 6.45) is -4.20. The van der Waals surface area contributed by atoms with Crippen LogP contribution in [-0.2, 0) is 0 Å². The number of alkyl halides is 3. The zero-order valence-electron chi connectivity index (χ0n) is 10.3. The molecule has 1 aromatic rings. The zero-order chi connectivity index (χ0) is 13.9. The van der Waals surface area contributed by atoms with Gasteiger partial charge in [-0.2, -0.15) is 13.2 Å². The second-order valence-corrected chi connectivity index (χ2v) is 4.61. The lowest BCUT2D eigenvalue weighted by Crippen LogP contribution is -2.23. The number of phenols is 1. The average molecular weight is 275 g/mol. The van der Waals surface area contributed by atoms with Crippen LogP contribution in [-0.4, -0.2) is 24.4 Å². The van der Waals surface area contributed by atoms with Crippen molar-refractivity contribution in [2.75, 3.05) is 13.2 Å². The van der Waals surface area contributed by atoms with Gasteiger partial charge in [0.15, 0.2) is 0 Å². The Kier molecular flexibility index (Phi) is 4.19. The number of rotatable bonds is 5. The van der Waals surface area contributed by atoms with Gasteiger partial charge in [0.1, 0.15) is 18.1 Å². The summed E-state index contributed by atoms with van der Waals surface area (Å²) in [5, 5.41) is 12.5. The van der Waals surface area contributed by atoms with Crippen molar-refractivity contribution in [3.05, 3.63) is 23.8 Å². The number of benzene rings is 1. The van der Waals surface area contributed by atoms with E-state index >= 15 is 0 Å². The van der Waals surface area contributed by atoms with Crippen molar-refractivity contribution in [2.45, 2.75) is 31.5 Å². The molecule has 1 unspecified atom stereocenters. The molecule has 1 heterocycles. The van der Waals surface area contributed by atoms with Crippen molar-refractivity contribution < 1.29 is 23.0 Å². The van der Waals surface area contributed by atoms with E-state index in [1.165, 1.54) is 0 Å². The number of nitrogens with one attached hydrogen (secondary N) is 1. The van der Waals surface area contributed by atoms with E-state index in [2.05, 4.69) is 5.32 Å². The largest absolute Gasteiger partial charge is 0.508 e. The van der Waals surface area contributed by atoms with Crippen LogP contribution in [0.2, 0.25) is 0 Å². The van der Waals surface area contributed by atoms with Gasteiger partial charge < -0.3 is 15.2 Å². The van der Waals surface area contributed by atoms with E-state index in [0.29, 0.717) is 25.3 Å². The van der Waals surface area contributed by atoms with Crippen LogP contribution in [0.1, 0.15) is 30.9 Å². The fourth-order valence-electron chi connectivity index (χ4n) is 2.09. The summed E-state index contributed by atoms with van der Waals surface area (Å²) >= 11 is 0. The van der Waals surface area contributed by atoms with Crippen molar-refractivity contribution in [1.29, 1.82) is 0 Å². The number of aromatic hydroxyl groups is 1. The highest BCUT2D eigenvalue weighted by atomic mass is 19.4. The normalized spacial score (nSPS) is 18.2. The quantitative estimate of drug-likeness (QED) is 0.811. The van der Waals surface area contributed by atoms with Crippen molar-refractivity contribution in [3.8, 4) is 11.5 Å². The van der Waals surface area contributed by atoms with Crippen molar-refractivity contribution in [2.24, 2.45) is 0 Å². The van der Waals surface area contributed by atoms with E-state index < -0.39 is 12.6 Å². The smallest absolute Gasteiger partial charge is 0.389 e. The Bertz CT molecular complexity index is 434. The van der Waals surface area contributed by atoms with E-state index in [4.69, 9.17) is 4.74 Å². The summed E-state index contributed by atoms with van der Waals surface area (Å²) in [4.78, 5) is 0. The van der Waals surface area contributed by atoms with Crippen LogP contribution in [0.15, 0.2) is 18.2 Å². The van der Waals surface area contributed by atoms with Crippen molar-refractivity contribution in [1.82, 2.24) is 5.32 Å². The molecule has 0 aliphatic carbocycles. The lowest BCUT2D eigenvalue weighted by Gasteiger charge is -2.12. The molecule has 0 bridgehead atoms. The van der Waals surface area contributed by atoms with Gasteiger partial charge in [-0.1, -0.05) is 0 Å². The van der Waals surface area contributed by atoms with E-state index in [9.17, 15) is 18.3 Å². The minimum Gasteiger partial charge on any atom is -0.508 e. The van der Waals surface area contributed by atoms with Gasteiger partial charge in [-0.25, -0.2) is 0 Å². The third-order valence-electron chi connectivity index (χ3n) is 3.06. The van der Waals surface area contributed by atoms with Crippen LogP contribution >= 0.6 is 0 Å². The van der Waals surface area contributed by atoms with Gasteiger partial charge in [-0.05, 0) is 31.5 Å². The van der Waals surface area contributed by atoms with Gasteiger partial charge in [0.25, 0.3) is 0 Å². The fraction of sp³-hybridized carbons (Fsp3) is 0.538. The van der Waals surface area contributed by atoms with E-state index in [1.807, 2.05) is 0 Å². The first-order valence-corrected chi connectivity index (χ1v) is 6.21. The van der Waals surface area contributed by atoms with Gasteiger partial charge in [0.05, 0.1) is 6.04 Å². The topological polar surface area (TPSA) is 41.5 Å². The molecule has 0 saturated heterocycles. The van der Waals surface area contributed by atoms with Crippen molar-refractivity contribution in [3.63, 3.8) is 0 Å². The molecule has 3 nitrogen and oxygen atoms in total. The lowest BCUT2D eigenvalue weighted by atomic mass is 10.1. The number of fused-ring (bicyclic) bond motifs is 1. The van der Waals surface area contributed by atoms with Crippen LogP contribution in [0, 0.1) is 0 Å². The van der Waals surface area contributed by atoms with Crippen LogP contribution in [0.25, 0.3) is 0 Å². The summed E-state index contributed by atoms with van der Waals surface area (Å²) in [5.74, 6) is 0.775. The van der Waals surface area contributed by atoms with Gasteiger partial charge in [0.2, 0.25) is 0 Å². The second-order valence-electron chi connectivity index (χ2n) is 4.61. The highest BCUT2D eigenvalue weighted by molar-refractivity contribution is 5.44. The van der Waals surface area contributed by atoms with Gasteiger partial charge in [-0.3, -0.25) is 0 Å². The minimum atomic E-state index is -4.07. The third kappa shape index (κ3) is 4.02. The molecule has 6 heteroatoms. The van der Waals surface area contributed by atoms with Gasteiger partial charge in [-0.15, -0.1) is 0 Å². The van der Waals surface area contributed by atoms with E-state index in [-0.39, 0.29) is 18.2 Å². The molecule has 0 radical (unpaired) electrons. The Morgan fingerprint density at radius 2 is 2.11 bits per heavy atom. The van der Waals surface area contributed by atoms with Crippen LogP contribution < -0.4 is 10.1 Å². The predicted molar refractivity (Wildman–Crippen MR) is 64.3 cm³/mol. The molecule has 0 spiro atoms. The first-order chi connectivity index (χ1) is 8.96. The molecule has 106 valence electrons.